The van der Waals surface area contributed by atoms with E-state index in [9.17, 15) is 4.79 Å². The van der Waals surface area contributed by atoms with Crippen molar-refractivity contribution in [3.8, 4) is 0 Å². The van der Waals surface area contributed by atoms with Gasteiger partial charge in [-0.1, -0.05) is 48.0 Å². The minimum absolute atomic E-state index is 0.130. The van der Waals surface area contributed by atoms with E-state index in [4.69, 9.17) is 0 Å². The highest BCUT2D eigenvalue weighted by molar-refractivity contribution is 5.93. The van der Waals surface area contributed by atoms with Crippen LogP contribution in [0.1, 0.15) is 78.7 Å². The van der Waals surface area contributed by atoms with Crippen molar-refractivity contribution < 1.29 is 4.79 Å². The molecule has 0 unspecified atom stereocenters. The topological polar surface area (TPSA) is 37.3 Å². The Morgan fingerprint density at radius 2 is 1.75 bits per heavy atom. The highest BCUT2D eigenvalue weighted by atomic mass is 16.1. The van der Waals surface area contributed by atoms with E-state index in [2.05, 4.69) is 35.6 Å². The number of rotatable bonds is 10. The molecule has 142 valence electrons. The second-order valence-corrected chi connectivity index (χ2v) is 5.18. The fourth-order valence-electron chi connectivity index (χ4n) is 2.35. The van der Waals surface area contributed by atoms with Crippen LogP contribution in [-0.4, -0.2) is 41.4 Å². The fraction of sp³-hybridized carbons (Fsp3) is 0.750. The van der Waals surface area contributed by atoms with E-state index in [1.165, 1.54) is 12.8 Å². The molecule has 4 heteroatoms. The van der Waals surface area contributed by atoms with Gasteiger partial charge in [0.2, 0.25) is 0 Å². The molecule has 0 radical (unpaired) electrons. The molecule has 0 aliphatic carbocycles. The molecule has 0 saturated heterocycles. The summed E-state index contributed by atoms with van der Waals surface area (Å²) in [5.74, 6) is 0.130. The summed E-state index contributed by atoms with van der Waals surface area (Å²) < 4.78 is 2.08. The van der Waals surface area contributed by atoms with Crippen molar-refractivity contribution in [2.45, 2.75) is 74.8 Å². The first kappa shape index (κ1) is 25.0. The Kier molecular flexibility index (Phi) is 17.2. The summed E-state index contributed by atoms with van der Waals surface area (Å²) in [5, 5.41) is 3.27. The first-order chi connectivity index (χ1) is 11.6. The number of unbranched alkanes of at least 4 members (excludes halogenated alkanes) is 1. The SMILES string of the molecule is CC.CC.CCCCN(CC)CCn1cc(NCC)cc1C(C)=O. The van der Waals surface area contributed by atoms with Crippen molar-refractivity contribution in [1.29, 1.82) is 0 Å². The number of hydrogen-bond donors (Lipinski definition) is 1. The summed E-state index contributed by atoms with van der Waals surface area (Å²) in [6.07, 6.45) is 4.51. The summed E-state index contributed by atoms with van der Waals surface area (Å²) in [6, 6.07) is 1.95. The third-order valence-corrected chi connectivity index (χ3v) is 3.57. The smallest absolute Gasteiger partial charge is 0.176 e. The number of anilines is 1. The molecular weight excluding hydrogens is 298 g/mol. The average Bonchev–Trinajstić information content (AvgIpc) is 3.02. The Morgan fingerprint density at radius 3 is 2.21 bits per heavy atom. The lowest BCUT2D eigenvalue weighted by molar-refractivity contribution is 0.100. The number of likely N-dealkylation sites (N-methyl/N-ethyl adjacent to an activating group) is 1. The van der Waals surface area contributed by atoms with Crippen LogP contribution >= 0.6 is 0 Å². The maximum atomic E-state index is 11.7. The van der Waals surface area contributed by atoms with E-state index in [0.717, 1.165) is 44.1 Å². The molecule has 1 heterocycles. The molecule has 1 aromatic rings. The maximum absolute atomic E-state index is 11.7. The van der Waals surface area contributed by atoms with Gasteiger partial charge in [-0.05, 0) is 32.5 Å². The number of carbonyl (C=O) groups excluding carboxylic acids is 1. The Balaban J connectivity index is 0. The molecule has 0 spiro atoms. The Bertz CT molecular complexity index is 413. The van der Waals surface area contributed by atoms with Gasteiger partial charge in [0.15, 0.2) is 5.78 Å². The number of Topliss-reactive ketones (excluding diaryl/α,β-unsaturated/α-hetero) is 1. The quantitative estimate of drug-likeness (QED) is 0.588. The van der Waals surface area contributed by atoms with Crippen molar-refractivity contribution in [3.05, 3.63) is 18.0 Å². The molecule has 0 bridgehead atoms. The Hall–Kier alpha value is -1.29. The van der Waals surface area contributed by atoms with Crippen LogP contribution in [0.4, 0.5) is 5.69 Å². The zero-order valence-corrected chi connectivity index (χ0v) is 17.4. The monoisotopic (exact) mass is 339 g/mol. The molecule has 4 nitrogen and oxygen atoms in total. The Labute approximate surface area is 150 Å². The van der Waals surface area contributed by atoms with Crippen LogP contribution in [0, 0.1) is 0 Å². The van der Waals surface area contributed by atoms with Gasteiger partial charge in [-0.2, -0.15) is 0 Å². The van der Waals surface area contributed by atoms with Crippen molar-refractivity contribution in [3.63, 3.8) is 0 Å². The molecule has 1 N–H and O–H groups in total. The lowest BCUT2D eigenvalue weighted by Crippen LogP contribution is -2.28. The van der Waals surface area contributed by atoms with Gasteiger partial charge >= 0.3 is 0 Å². The van der Waals surface area contributed by atoms with Gasteiger partial charge in [-0.25, -0.2) is 0 Å². The van der Waals surface area contributed by atoms with Crippen LogP contribution in [0.3, 0.4) is 0 Å². The number of aromatic nitrogens is 1. The normalized spacial score (nSPS) is 9.71. The number of nitrogens with one attached hydrogen (secondary N) is 1. The van der Waals surface area contributed by atoms with Gasteiger partial charge in [-0.15, -0.1) is 0 Å². The van der Waals surface area contributed by atoms with Crippen LogP contribution in [-0.2, 0) is 6.54 Å². The van der Waals surface area contributed by atoms with E-state index in [1.807, 2.05) is 40.0 Å². The molecule has 0 aliphatic heterocycles. The molecule has 0 fully saturated rings. The van der Waals surface area contributed by atoms with Crippen molar-refractivity contribution in [1.82, 2.24) is 9.47 Å². The maximum Gasteiger partial charge on any atom is 0.176 e. The number of ketones is 1. The molecular formula is C20H41N3O. The molecule has 0 atom stereocenters. The standard InChI is InChI=1S/C16H29N3O.2C2H6/c1-5-8-9-18(7-3)10-11-19-13-15(17-6-2)12-16(19)14(4)20;2*1-2/h12-13,17H,5-11H2,1-4H3;2*1-2H3. The van der Waals surface area contributed by atoms with Crippen LogP contribution in [0.2, 0.25) is 0 Å². The van der Waals surface area contributed by atoms with Gasteiger partial charge < -0.3 is 14.8 Å². The van der Waals surface area contributed by atoms with Crippen LogP contribution in [0.5, 0.6) is 0 Å². The lowest BCUT2D eigenvalue weighted by Gasteiger charge is -2.20. The second kappa shape index (κ2) is 16.6. The molecule has 1 rings (SSSR count). The molecule has 1 aromatic heterocycles. The fourth-order valence-corrected chi connectivity index (χ4v) is 2.35. The predicted octanol–water partition coefficient (Wildman–Crippen LogP) is 5.30. The van der Waals surface area contributed by atoms with E-state index >= 15 is 0 Å². The van der Waals surface area contributed by atoms with Gasteiger partial charge in [0.1, 0.15) is 0 Å². The molecule has 0 amide bonds. The highest BCUT2D eigenvalue weighted by Gasteiger charge is 2.10. The number of hydrogen-bond acceptors (Lipinski definition) is 3. The third kappa shape index (κ3) is 9.76. The van der Waals surface area contributed by atoms with E-state index < -0.39 is 0 Å². The van der Waals surface area contributed by atoms with Gasteiger partial charge in [0.05, 0.1) is 11.4 Å². The summed E-state index contributed by atoms with van der Waals surface area (Å²) in [6.45, 7) is 21.1. The van der Waals surface area contributed by atoms with Gasteiger partial charge in [0.25, 0.3) is 0 Å². The summed E-state index contributed by atoms with van der Waals surface area (Å²) in [7, 11) is 0. The highest BCUT2D eigenvalue weighted by Crippen LogP contribution is 2.15. The largest absolute Gasteiger partial charge is 0.384 e. The minimum atomic E-state index is 0.130. The third-order valence-electron chi connectivity index (χ3n) is 3.57. The van der Waals surface area contributed by atoms with Crippen molar-refractivity contribution in [2.24, 2.45) is 0 Å². The van der Waals surface area contributed by atoms with Crippen LogP contribution in [0.25, 0.3) is 0 Å². The van der Waals surface area contributed by atoms with E-state index in [1.54, 1.807) is 6.92 Å². The summed E-state index contributed by atoms with van der Waals surface area (Å²) in [5.41, 5.74) is 1.84. The molecule has 0 aliphatic rings. The average molecular weight is 340 g/mol. The second-order valence-electron chi connectivity index (χ2n) is 5.18. The first-order valence-corrected chi connectivity index (χ1v) is 9.79. The van der Waals surface area contributed by atoms with Crippen molar-refractivity contribution in [2.75, 3.05) is 31.5 Å². The predicted molar refractivity (Wildman–Crippen MR) is 108 cm³/mol. The molecule has 24 heavy (non-hydrogen) atoms. The summed E-state index contributed by atoms with van der Waals surface area (Å²) in [4.78, 5) is 14.2. The zero-order chi connectivity index (χ0) is 19.0. The number of nitrogens with zero attached hydrogens (tertiary/aromatic N) is 2. The summed E-state index contributed by atoms with van der Waals surface area (Å²) >= 11 is 0. The zero-order valence-electron chi connectivity index (χ0n) is 17.4. The molecule has 0 saturated carbocycles. The van der Waals surface area contributed by atoms with Crippen LogP contribution in [0.15, 0.2) is 12.3 Å². The first-order valence-electron chi connectivity index (χ1n) is 9.79. The van der Waals surface area contributed by atoms with E-state index in [0.29, 0.717) is 0 Å². The van der Waals surface area contributed by atoms with Gasteiger partial charge in [0, 0.05) is 32.8 Å². The van der Waals surface area contributed by atoms with Crippen LogP contribution < -0.4 is 5.32 Å². The Morgan fingerprint density at radius 1 is 1.12 bits per heavy atom. The van der Waals surface area contributed by atoms with E-state index in [-0.39, 0.29) is 5.78 Å². The number of carbonyl (C=O) groups is 1. The van der Waals surface area contributed by atoms with Crippen molar-refractivity contribution >= 4 is 11.5 Å². The molecule has 0 aromatic carbocycles. The minimum Gasteiger partial charge on any atom is -0.384 e. The van der Waals surface area contributed by atoms with Gasteiger partial charge in [-0.3, -0.25) is 4.79 Å². The lowest BCUT2D eigenvalue weighted by atomic mass is 10.3.